The lowest BCUT2D eigenvalue weighted by molar-refractivity contribution is -0.125. The molecule has 124 valence electrons. The number of carbonyl (C=O) groups is 1. The Morgan fingerprint density at radius 1 is 1.36 bits per heavy atom. The lowest BCUT2D eigenvalue weighted by Crippen LogP contribution is -2.39. The predicted octanol–water partition coefficient (Wildman–Crippen LogP) is 3.01. The highest BCUT2D eigenvalue weighted by atomic mass is 35.5. The van der Waals surface area contributed by atoms with Crippen LogP contribution in [-0.2, 0) is 4.79 Å². The van der Waals surface area contributed by atoms with Gasteiger partial charge in [0.25, 0.3) is 0 Å². The van der Waals surface area contributed by atoms with E-state index >= 15 is 0 Å². The van der Waals surface area contributed by atoms with Crippen molar-refractivity contribution in [3.8, 4) is 5.75 Å². The lowest BCUT2D eigenvalue weighted by Gasteiger charge is -2.21. The van der Waals surface area contributed by atoms with Crippen molar-refractivity contribution in [3.63, 3.8) is 0 Å². The van der Waals surface area contributed by atoms with E-state index in [1.165, 1.54) is 6.07 Å². The van der Waals surface area contributed by atoms with Gasteiger partial charge in [-0.05, 0) is 25.8 Å². The molecule has 4 nitrogen and oxygen atoms in total. The minimum Gasteiger partial charge on any atom is -0.434 e. The predicted molar refractivity (Wildman–Crippen MR) is 82.2 cm³/mol. The molecule has 0 saturated heterocycles. The Hall–Kier alpha value is -1.40. The topological polar surface area (TPSA) is 64.4 Å². The second-order valence-electron chi connectivity index (χ2n) is 5.35. The average Bonchev–Trinajstić information content (AvgIpc) is 2.85. The van der Waals surface area contributed by atoms with Crippen molar-refractivity contribution in [2.75, 3.05) is 0 Å². The molecule has 1 aromatic carbocycles. The van der Waals surface area contributed by atoms with Gasteiger partial charge in [-0.3, -0.25) is 4.79 Å². The van der Waals surface area contributed by atoms with Gasteiger partial charge < -0.3 is 15.8 Å². The summed E-state index contributed by atoms with van der Waals surface area (Å²) in [4.78, 5) is 12.2. The second kappa shape index (κ2) is 8.29. The monoisotopic (exact) mass is 334 g/mol. The summed E-state index contributed by atoms with van der Waals surface area (Å²) < 4.78 is 29.3. The van der Waals surface area contributed by atoms with Gasteiger partial charge in [0, 0.05) is 11.6 Å². The SMILES string of the molecule is CC(NC(=O)C1CCCC1N)c1ccccc1OC(F)F.Cl. The van der Waals surface area contributed by atoms with Crippen LogP contribution in [0.15, 0.2) is 24.3 Å². The van der Waals surface area contributed by atoms with E-state index in [0.717, 1.165) is 19.3 Å². The van der Waals surface area contributed by atoms with Crippen molar-refractivity contribution < 1.29 is 18.3 Å². The molecule has 1 aliphatic carbocycles. The van der Waals surface area contributed by atoms with Crippen molar-refractivity contribution in [2.45, 2.75) is 44.9 Å². The third-order valence-corrected chi connectivity index (χ3v) is 3.87. The van der Waals surface area contributed by atoms with Crippen LogP contribution in [0.4, 0.5) is 8.78 Å². The molecule has 22 heavy (non-hydrogen) atoms. The highest BCUT2D eigenvalue weighted by Crippen LogP contribution is 2.28. The fourth-order valence-corrected chi connectivity index (χ4v) is 2.75. The van der Waals surface area contributed by atoms with E-state index in [1.54, 1.807) is 25.1 Å². The first-order chi connectivity index (χ1) is 9.99. The van der Waals surface area contributed by atoms with E-state index in [2.05, 4.69) is 10.1 Å². The highest BCUT2D eigenvalue weighted by Gasteiger charge is 2.31. The summed E-state index contributed by atoms with van der Waals surface area (Å²) in [5.41, 5.74) is 6.43. The van der Waals surface area contributed by atoms with E-state index in [9.17, 15) is 13.6 Å². The number of ether oxygens (including phenoxy) is 1. The molecule has 0 aliphatic heterocycles. The number of para-hydroxylation sites is 1. The van der Waals surface area contributed by atoms with Crippen molar-refractivity contribution in [1.82, 2.24) is 5.32 Å². The number of carbonyl (C=O) groups excluding carboxylic acids is 1. The number of nitrogens with one attached hydrogen (secondary N) is 1. The number of alkyl halides is 2. The number of amides is 1. The summed E-state index contributed by atoms with van der Waals surface area (Å²) in [5, 5.41) is 2.84. The average molecular weight is 335 g/mol. The van der Waals surface area contributed by atoms with Crippen molar-refractivity contribution in [3.05, 3.63) is 29.8 Å². The number of hydrogen-bond acceptors (Lipinski definition) is 3. The first-order valence-corrected chi connectivity index (χ1v) is 7.08. The zero-order chi connectivity index (χ0) is 15.4. The van der Waals surface area contributed by atoms with Crippen LogP contribution < -0.4 is 15.8 Å². The lowest BCUT2D eigenvalue weighted by atomic mass is 10.0. The molecule has 3 unspecified atom stereocenters. The fourth-order valence-electron chi connectivity index (χ4n) is 2.75. The van der Waals surface area contributed by atoms with Crippen LogP contribution in [0.3, 0.4) is 0 Å². The maximum Gasteiger partial charge on any atom is 0.387 e. The fraction of sp³-hybridized carbons (Fsp3) is 0.533. The van der Waals surface area contributed by atoms with Crippen LogP contribution >= 0.6 is 12.4 Å². The van der Waals surface area contributed by atoms with Gasteiger partial charge in [0.05, 0.1) is 12.0 Å². The number of hydrogen-bond donors (Lipinski definition) is 2. The zero-order valence-electron chi connectivity index (χ0n) is 12.3. The van der Waals surface area contributed by atoms with Gasteiger partial charge in [-0.2, -0.15) is 8.78 Å². The Labute approximate surface area is 134 Å². The highest BCUT2D eigenvalue weighted by molar-refractivity contribution is 5.85. The summed E-state index contributed by atoms with van der Waals surface area (Å²) >= 11 is 0. The molecule has 2 rings (SSSR count). The Kier molecular flexibility index (Phi) is 7.03. The van der Waals surface area contributed by atoms with E-state index < -0.39 is 12.7 Å². The summed E-state index contributed by atoms with van der Waals surface area (Å²) in [6, 6.07) is 5.92. The van der Waals surface area contributed by atoms with Gasteiger partial charge in [0.2, 0.25) is 5.91 Å². The molecule has 0 aromatic heterocycles. The van der Waals surface area contributed by atoms with E-state index in [0.29, 0.717) is 5.56 Å². The standard InChI is InChI=1S/C15H20F2N2O2.ClH/c1-9(19-14(20)11-6-4-7-12(11)18)10-5-2-3-8-13(10)21-15(16)17;/h2-3,5,8-9,11-12,15H,4,6-7,18H2,1H3,(H,19,20);1H. The van der Waals surface area contributed by atoms with Crippen molar-refractivity contribution in [2.24, 2.45) is 11.7 Å². The van der Waals surface area contributed by atoms with Crippen molar-refractivity contribution >= 4 is 18.3 Å². The third-order valence-electron chi connectivity index (χ3n) is 3.87. The Morgan fingerprint density at radius 3 is 2.64 bits per heavy atom. The first kappa shape index (κ1) is 18.6. The molecule has 0 spiro atoms. The Morgan fingerprint density at radius 2 is 2.05 bits per heavy atom. The Balaban J connectivity index is 0.00000242. The van der Waals surface area contributed by atoms with E-state index in [-0.39, 0.29) is 36.0 Å². The van der Waals surface area contributed by atoms with Gasteiger partial charge in [-0.1, -0.05) is 24.6 Å². The molecule has 1 amide bonds. The molecule has 0 radical (unpaired) electrons. The van der Waals surface area contributed by atoms with Gasteiger partial charge in [-0.15, -0.1) is 12.4 Å². The van der Waals surface area contributed by atoms with E-state index in [1.807, 2.05) is 0 Å². The quantitative estimate of drug-likeness (QED) is 0.870. The number of rotatable bonds is 5. The van der Waals surface area contributed by atoms with Gasteiger partial charge in [0.1, 0.15) is 5.75 Å². The van der Waals surface area contributed by atoms with Gasteiger partial charge in [0.15, 0.2) is 0 Å². The molecule has 3 atom stereocenters. The van der Waals surface area contributed by atoms with Crippen LogP contribution in [0.25, 0.3) is 0 Å². The van der Waals surface area contributed by atoms with E-state index in [4.69, 9.17) is 5.73 Å². The van der Waals surface area contributed by atoms with Gasteiger partial charge >= 0.3 is 6.61 Å². The first-order valence-electron chi connectivity index (χ1n) is 7.08. The van der Waals surface area contributed by atoms with Crippen LogP contribution in [0, 0.1) is 5.92 Å². The summed E-state index contributed by atoms with van der Waals surface area (Å²) in [6.07, 6.45) is 2.56. The number of nitrogens with two attached hydrogens (primary N) is 1. The minimum atomic E-state index is -2.89. The normalized spacial score (nSPS) is 22.0. The summed E-state index contributed by atoms with van der Waals surface area (Å²) in [5.74, 6) is -0.244. The molecule has 1 aromatic rings. The minimum absolute atomic E-state index is 0. The molecule has 0 bridgehead atoms. The second-order valence-corrected chi connectivity index (χ2v) is 5.35. The molecule has 0 heterocycles. The van der Waals surface area contributed by atoms with Gasteiger partial charge in [-0.25, -0.2) is 0 Å². The van der Waals surface area contributed by atoms with Crippen molar-refractivity contribution in [1.29, 1.82) is 0 Å². The third kappa shape index (κ3) is 4.55. The van der Waals surface area contributed by atoms with Crippen LogP contribution in [0.1, 0.15) is 37.8 Å². The molecule has 7 heteroatoms. The smallest absolute Gasteiger partial charge is 0.387 e. The largest absolute Gasteiger partial charge is 0.434 e. The molecule has 1 saturated carbocycles. The molecular weight excluding hydrogens is 314 g/mol. The number of halogens is 3. The van der Waals surface area contributed by atoms with Crippen LogP contribution in [0.2, 0.25) is 0 Å². The summed E-state index contributed by atoms with van der Waals surface area (Å²) in [6.45, 7) is -1.15. The maximum atomic E-state index is 12.4. The molecular formula is C15H21ClF2N2O2. The molecule has 3 N–H and O–H groups in total. The van der Waals surface area contributed by atoms with Crippen LogP contribution in [0.5, 0.6) is 5.75 Å². The number of benzene rings is 1. The molecule has 1 aliphatic rings. The molecule has 1 fully saturated rings. The Bertz CT molecular complexity index is 502. The maximum absolute atomic E-state index is 12.4. The zero-order valence-corrected chi connectivity index (χ0v) is 13.1. The van der Waals surface area contributed by atoms with Crippen LogP contribution in [-0.4, -0.2) is 18.6 Å². The summed E-state index contributed by atoms with van der Waals surface area (Å²) in [7, 11) is 0.